The Morgan fingerprint density at radius 3 is 2.86 bits per heavy atom. The first kappa shape index (κ1) is 14.4. The van der Waals surface area contributed by atoms with Crippen molar-refractivity contribution < 1.29 is 19.1 Å². The van der Waals surface area contributed by atoms with E-state index in [-0.39, 0.29) is 29.4 Å². The highest BCUT2D eigenvalue weighted by Gasteiger charge is 2.56. The molecule has 0 aromatic rings. The summed E-state index contributed by atoms with van der Waals surface area (Å²) < 4.78 is 11.1. The largest absolute Gasteiger partial charge is 0.458 e. The van der Waals surface area contributed by atoms with Crippen molar-refractivity contribution in [1.29, 1.82) is 0 Å². The molecule has 4 nitrogen and oxygen atoms in total. The first-order chi connectivity index (χ1) is 9.83. The lowest BCUT2D eigenvalue weighted by molar-refractivity contribution is -0.152. The Morgan fingerprint density at radius 2 is 2.19 bits per heavy atom. The number of esters is 2. The maximum Gasteiger partial charge on any atom is 0.334 e. The van der Waals surface area contributed by atoms with Crippen LogP contribution in [-0.4, -0.2) is 24.1 Å². The van der Waals surface area contributed by atoms with Crippen molar-refractivity contribution in [3.8, 4) is 0 Å². The van der Waals surface area contributed by atoms with Crippen LogP contribution >= 0.6 is 0 Å². The summed E-state index contributed by atoms with van der Waals surface area (Å²) >= 11 is 0. The fourth-order valence-electron chi connectivity index (χ4n) is 4.45. The van der Waals surface area contributed by atoms with Gasteiger partial charge in [-0.3, -0.25) is 4.79 Å². The van der Waals surface area contributed by atoms with E-state index in [2.05, 4.69) is 20.4 Å². The number of rotatable bonds is 1. The molecule has 114 valence electrons. The topological polar surface area (TPSA) is 52.6 Å². The first-order valence-corrected chi connectivity index (χ1v) is 7.60. The second-order valence-corrected chi connectivity index (χ2v) is 6.84. The van der Waals surface area contributed by atoms with E-state index in [9.17, 15) is 9.59 Å². The Kier molecular flexibility index (Phi) is 3.23. The molecule has 1 saturated heterocycles. The summed E-state index contributed by atoms with van der Waals surface area (Å²) in [7, 11) is 0. The van der Waals surface area contributed by atoms with Gasteiger partial charge in [-0.25, -0.2) is 4.79 Å². The molecule has 4 atom stereocenters. The molecule has 0 aromatic heterocycles. The van der Waals surface area contributed by atoms with Crippen molar-refractivity contribution in [3.63, 3.8) is 0 Å². The lowest BCUT2D eigenvalue weighted by Crippen LogP contribution is -2.48. The molecule has 2 aliphatic carbocycles. The van der Waals surface area contributed by atoms with Crippen LogP contribution in [0.2, 0.25) is 0 Å². The predicted octanol–water partition coefficient (Wildman–Crippen LogP) is 2.93. The van der Waals surface area contributed by atoms with Crippen molar-refractivity contribution >= 4 is 11.9 Å². The molecule has 4 heteroatoms. The average molecular weight is 290 g/mol. The quantitative estimate of drug-likeness (QED) is 0.423. The summed E-state index contributed by atoms with van der Waals surface area (Å²) in [5.41, 5.74) is 2.89. The molecule has 0 aromatic carbocycles. The van der Waals surface area contributed by atoms with Gasteiger partial charge in [-0.05, 0) is 43.6 Å². The van der Waals surface area contributed by atoms with E-state index < -0.39 is 6.10 Å². The van der Waals surface area contributed by atoms with Gasteiger partial charge in [0.1, 0.15) is 12.2 Å². The molecule has 4 unspecified atom stereocenters. The second-order valence-electron chi connectivity index (χ2n) is 6.84. The molecule has 0 radical (unpaired) electrons. The third-order valence-electron chi connectivity index (χ3n) is 5.27. The van der Waals surface area contributed by atoms with Crippen LogP contribution in [0.4, 0.5) is 0 Å². The molecule has 3 aliphatic rings. The van der Waals surface area contributed by atoms with Crippen molar-refractivity contribution in [2.24, 2.45) is 11.3 Å². The SMILES string of the molecule is C=C1C(=O)OC2CC3(C)CCCC(C)=C3C(OC(C)=O)C12. The van der Waals surface area contributed by atoms with E-state index in [1.807, 2.05) is 0 Å². The van der Waals surface area contributed by atoms with Crippen molar-refractivity contribution in [1.82, 2.24) is 0 Å². The van der Waals surface area contributed by atoms with E-state index in [1.165, 1.54) is 18.1 Å². The van der Waals surface area contributed by atoms with Crippen molar-refractivity contribution in [2.45, 2.75) is 58.7 Å². The number of ether oxygens (including phenoxy) is 2. The summed E-state index contributed by atoms with van der Waals surface area (Å²) in [5.74, 6) is -0.888. The Labute approximate surface area is 125 Å². The molecular formula is C17H22O4. The van der Waals surface area contributed by atoms with Crippen LogP contribution in [-0.2, 0) is 19.1 Å². The number of carbonyl (C=O) groups is 2. The monoisotopic (exact) mass is 290 g/mol. The fourth-order valence-corrected chi connectivity index (χ4v) is 4.45. The van der Waals surface area contributed by atoms with Gasteiger partial charge in [0.15, 0.2) is 0 Å². The minimum atomic E-state index is -0.398. The Morgan fingerprint density at radius 1 is 1.48 bits per heavy atom. The van der Waals surface area contributed by atoms with Crippen LogP contribution in [0.3, 0.4) is 0 Å². The summed E-state index contributed by atoms with van der Waals surface area (Å²) in [6.07, 6.45) is 3.39. The van der Waals surface area contributed by atoms with Gasteiger partial charge in [0, 0.05) is 12.5 Å². The third kappa shape index (κ3) is 2.12. The van der Waals surface area contributed by atoms with Gasteiger partial charge < -0.3 is 9.47 Å². The summed E-state index contributed by atoms with van der Waals surface area (Å²) in [5, 5.41) is 0. The van der Waals surface area contributed by atoms with Crippen LogP contribution in [0.15, 0.2) is 23.3 Å². The van der Waals surface area contributed by atoms with Gasteiger partial charge in [-0.15, -0.1) is 0 Å². The molecule has 1 heterocycles. The molecular weight excluding hydrogens is 268 g/mol. The van der Waals surface area contributed by atoms with Crippen LogP contribution < -0.4 is 0 Å². The molecule has 2 fully saturated rings. The smallest absolute Gasteiger partial charge is 0.334 e. The zero-order chi connectivity index (χ0) is 15.4. The zero-order valence-corrected chi connectivity index (χ0v) is 12.9. The highest BCUT2D eigenvalue weighted by molar-refractivity contribution is 5.91. The minimum absolute atomic E-state index is 0.0471. The van der Waals surface area contributed by atoms with Gasteiger partial charge >= 0.3 is 11.9 Å². The first-order valence-electron chi connectivity index (χ1n) is 7.60. The lowest BCUT2D eigenvalue weighted by Gasteiger charge is -2.48. The van der Waals surface area contributed by atoms with E-state index in [4.69, 9.17) is 9.47 Å². The molecule has 0 bridgehead atoms. The Bertz CT molecular complexity index is 559. The molecule has 0 N–H and O–H groups in total. The molecule has 1 aliphatic heterocycles. The van der Waals surface area contributed by atoms with Crippen molar-refractivity contribution in [2.75, 3.05) is 0 Å². The molecule has 21 heavy (non-hydrogen) atoms. The summed E-state index contributed by atoms with van der Waals surface area (Å²) in [6.45, 7) is 9.61. The van der Waals surface area contributed by atoms with Gasteiger partial charge in [0.2, 0.25) is 0 Å². The van der Waals surface area contributed by atoms with Gasteiger partial charge in [0.05, 0.1) is 5.92 Å². The number of hydrogen-bond donors (Lipinski definition) is 0. The van der Waals surface area contributed by atoms with Crippen LogP contribution in [0.5, 0.6) is 0 Å². The highest BCUT2D eigenvalue weighted by atomic mass is 16.6. The molecule has 0 spiro atoms. The highest BCUT2D eigenvalue weighted by Crippen LogP contribution is 2.55. The maximum absolute atomic E-state index is 11.9. The van der Waals surface area contributed by atoms with Crippen LogP contribution in [0, 0.1) is 11.3 Å². The second kappa shape index (κ2) is 4.72. The van der Waals surface area contributed by atoms with Gasteiger partial charge in [-0.2, -0.15) is 0 Å². The minimum Gasteiger partial charge on any atom is -0.458 e. The van der Waals surface area contributed by atoms with Crippen LogP contribution in [0.1, 0.15) is 46.5 Å². The van der Waals surface area contributed by atoms with E-state index in [0.717, 1.165) is 25.7 Å². The third-order valence-corrected chi connectivity index (χ3v) is 5.27. The van der Waals surface area contributed by atoms with Crippen LogP contribution in [0.25, 0.3) is 0 Å². The van der Waals surface area contributed by atoms with E-state index in [0.29, 0.717) is 5.57 Å². The molecule has 1 saturated carbocycles. The lowest BCUT2D eigenvalue weighted by atomic mass is 9.59. The Hall–Kier alpha value is -1.58. The predicted molar refractivity (Wildman–Crippen MR) is 77.3 cm³/mol. The normalized spacial score (nSPS) is 38.7. The van der Waals surface area contributed by atoms with E-state index >= 15 is 0 Å². The zero-order valence-electron chi connectivity index (χ0n) is 12.9. The van der Waals surface area contributed by atoms with Gasteiger partial charge in [-0.1, -0.05) is 19.1 Å². The van der Waals surface area contributed by atoms with Gasteiger partial charge in [0.25, 0.3) is 0 Å². The standard InChI is InChI=1S/C17H22O4/c1-9-6-5-7-17(4)8-12-13(10(2)16(19)21-12)15(14(9)17)20-11(3)18/h12-13,15H,2,5-8H2,1,3-4H3. The fraction of sp³-hybridized carbons (Fsp3) is 0.647. The number of hydrogen-bond acceptors (Lipinski definition) is 4. The summed E-state index contributed by atoms with van der Waals surface area (Å²) in [4.78, 5) is 23.5. The number of allylic oxidation sites excluding steroid dienone is 1. The molecule has 0 amide bonds. The average Bonchev–Trinajstić information content (AvgIpc) is 2.62. The number of fused-ring (bicyclic) bond motifs is 2. The van der Waals surface area contributed by atoms with Crippen molar-refractivity contribution in [3.05, 3.63) is 23.3 Å². The Balaban J connectivity index is 2.09. The van der Waals surface area contributed by atoms with E-state index in [1.54, 1.807) is 0 Å². The number of carbonyl (C=O) groups excluding carboxylic acids is 2. The molecule has 3 rings (SSSR count). The summed E-state index contributed by atoms with van der Waals surface area (Å²) in [6, 6.07) is 0. The maximum atomic E-state index is 11.9.